The number of fused-ring (bicyclic) bond motifs is 2. The summed E-state index contributed by atoms with van der Waals surface area (Å²) < 4.78 is 46.3. The number of nitrogens with zero attached hydrogens (tertiary/aromatic N) is 5. The van der Waals surface area contributed by atoms with Crippen molar-refractivity contribution in [3.05, 3.63) is 78.4 Å². The number of carbonyl (C=O) groups excluding carboxylic acids is 2. The third-order valence-electron chi connectivity index (χ3n) is 7.34. The molecule has 4 aromatic rings. The van der Waals surface area contributed by atoms with Crippen LogP contribution in [0.25, 0.3) is 10.9 Å². The van der Waals surface area contributed by atoms with Gasteiger partial charge in [-0.1, -0.05) is 6.07 Å². The zero-order valence-corrected chi connectivity index (χ0v) is 21.4. The van der Waals surface area contributed by atoms with Crippen LogP contribution in [0.5, 0.6) is 11.6 Å². The van der Waals surface area contributed by atoms with Crippen LogP contribution in [0.3, 0.4) is 0 Å². The lowest BCUT2D eigenvalue weighted by Gasteiger charge is -2.23. The first-order chi connectivity index (χ1) is 19.2. The van der Waals surface area contributed by atoms with Crippen molar-refractivity contribution in [1.82, 2.24) is 24.3 Å². The lowest BCUT2D eigenvalue weighted by atomic mass is 10.1. The van der Waals surface area contributed by atoms with Crippen LogP contribution in [0.1, 0.15) is 24.6 Å². The van der Waals surface area contributed by atoms with E-state index < -0.39 is 17.8 Å². The molecule has 2 fully saturated rings. The van der Waals surface area contributed by atoms with Gasteiger partial charge in [0.1, 0.15) is 12.1 Å². The van der Waals surface area contributed by atoms with E-state index in [1.165, 1.54) is 29.2 Å². The molecule has 206 valence electrons. The van der Waals surface area contributed by atoms with Crippen LogP contribution in [0.4, 0.5) is 23.7 Å². The molecule has 0 saturated carbocycles. The molecule has 0 spiro atoms. The van der Waals surface area contributed by atoms with Crippen LogP contribution in [0.15, 0.2) is 67.1 Å². The Balaban J connectivity index is 1.12. The van der Waals surface area contributed by atoms with Crippen molar-refractivity contribution in [2.45, 2.75) is 38.1 Å². The SMILES string of the molecule is CC(=O)N1CCC2[C@@H](C1)[N@@]2Cc1cc(Oc2ccc3c(ccn3C(=O)Nc3cccc(C(F)(F)F)c3)c2)ncn1. The van der Waals surface area contributed by atoms with Crippen molar-refractivity contribution in [2.24, 2.45) is 0 Å². The van der Waals surface area contributed by atoms with Gasteiger partial charge in [-0.05, 0) is 48.9 Å². The van der Waals surface area contributed by atoms with Crippen LogP contribution in [-0.2, 0) is 17.5 Å². The summed E-state index contributed by atoms with van der Waals surface area (Å²) in [5.41, 5.74) is 0.569. The summed E-state index contributed by atoms with van der Waals surface area (Å²) in [7, 11) is 0. The monoisotopic (exact) mass is 550 g/mol. The first-order valence-corrected chi connectivity index (χ1v) is 12.8. The van der Waals surface area contributed by atoms with E-state index >= 15 is 0 Å². The van der Waals surface area contributed by atoms with Crippen molar-refractivity contribution in [2.75, 3.05) is 18.4 Å². The quantitative estimate of drug-likeness (QED) is 0.347. The number of ether oxygens (including phenoxy) is 1. The number of aromatic nitrogens is 3. The Morgan fingerprint density at radius 2 is 1.93 bits per heavy atom. The molecule has 9 nitrogen and oxygen atoms in total. The van der Waals surface area contributed by atoms with Crippen molar-refractivity contribution < 1.29 is 27.5 Å². The molecule has 2 aromatic carbocycles. The number of benzene rings is 2. The average Bonchev–Trinajstić information content (AvgIpc) is 3.42. The Morgan fingerprint density at radius 1 is 1.07 bits per heavy atom. The minimum atomic E-state index is -4.51. The number of rotatable bonds is 5. The number of hydrogen-bond donors (Lipinski definition) is 1. The first kappa shape index (κ1) is 25.8. The Morgan fingerprint density at radius 3 is 2.73 bits per heavy atom. The summed E-state index contributed by atoms with van der Waals surface area (Å²) in [6, 6.07) is 13.3. The van der Waals surface area contributed by atoms with E-state index in [1.54, 1.807) is 37.3 Å². The van der Waals surface area contributed by atoms with Gasteiger partial charge in [0.25, 0.3) is 0 Å². The summed E-state index contributed by atoms with van der Waals surface area (Å²) in [6.07, 6.45) is -0.562. The molecule has 1 N–H and O–H groups in total. The Kier molecular flexibility index (Phi) is 6.41. The summed E-state index contributed by atoms with van der Waals surface area (Å²) in [5.74, 6) is 0.985. The number of anilines is 1. The van der Waals surface area contributed by atoms with Crippen molar-refractivity contribution in [3.8, 4) is 11.6 Å². The molecule has 40 heavy (non-hydrogen) atoms. The fraction of sp³-hybridized carbons (Fsp3) is 0.286. The van der Waals surface area contributed by atoms with E-state index in [9.17, 15) is 22.8 Å². The molecule has 2 aromatic heterocycles. The van der Waals surface area contributed by atoms with E-state index in [0.717, 1.165) is 37.3 Å². The fourth-order valence-corrected chi connectivity index (χ4v) is 5.25. The van der Waals surface area contributed by atoms with Gasteiger partial charge in [-0.2, -0.15) is 13.2 Å². The first-order valence-electron chi connectivity index (χ1n) is 12.8. The Labute approximate surface area is 227 Å². The largest absolute Gasteiger partial charge is 0.439 e. The van der Waals surface area contributed by atoms with Gasteiger partial charge in [-0.15, -0.1) is 0 Å². The highest BCUT2D eigenvalue weighted by atomic mass is 19.4. The van der Waals surface area contributed by atoms with Gasteiger partial charge in [0.05, 0.1) is 16.8 Å². The second kappa shape index (κ2) is 9.94. The third kappa shape index (κ3) is 5.22. The molecule has 3 atom stereocenters. The number of likely N-dealkylation sites (tertiary alicyclic amines) is 1. The maximum atomic E-state index is 13.0. The van der Waals surface area contributed by atoms with Gasteiger partial charge in [-0.25, -0.2) is 14.8 Å². The Hall–Kier alpha value is -4.45. The Bertz CT molecular complexity index is 1600. The topological polar surface area (TPSA) is 92.4 Å². The van der Waals surface area contributed by atoms with Crippen LogP contribution >= 0.6 is 0 Å². The molecule has 4 heterocycles. The molecule has 2 saturated heterocycles. The van der Waals surface area contributed by atoms with E-state index in [0.29, 0.717) is 41.2 Å². The van der Waals surface area contributed by atoms with E-state index in [4.69, 9.17) is 4.74 Å². The minimum Gasteiger partial charge on any atom is -0.439 e. The molecule has 6 rings (SSSR count). The number of halogens is 3. The minimum absolute atomic E-state index is 0.0409. The second-order valence-corrected chi connectivity index (χ2v) is 9.93. The van der Waals surface area contributed by atoms with Gasteiger partial charge in [0, 0.05) is 62.0 Å². The molecule has 0 aliphatic carbocycles. The smallest absolute Gasteiger partial charge is 0.416 e. The third-order valence-corrected chi connectivity index (χ3v) is 7.34. The summed E-state index contributed by atoms with van der Waals surface area (Å²) in [4.78, 5) is 37.3. The average molecular weight is 551 g/mol. The summed E-state index contributed by atoms with van der Waals surface area (Å²) in [5, 5.41) is 3.21. The normalized spacial score (nSPS) is 20.2. The molecular weight excluding hydrogens is 525 g/mol. The zero-order valence-electron chi connectivity index (χ0n) is 21.4. The van der Waals surface area contributed by atoms with E-state index in [2.05, 4.69) is 20.2 Å². The van der Waals surface area contributed by atoms with Gasteiger partial charge in [0.15, 0.2) is 0 Å². The van der Waals surface area contributed by atoms with E-state index in [-0.39, 0.29) is 11.6 Å². The number of hydrogen-bond acceptors (Lipinski definition) is 6. The second-order valence-electron chi connectivity index (χ2n) is 9.93. The van der Waals surface area contributed by atoms with Gasteiger partial charge in [0.2, 0.25) is 11.8 Å². The van der Waals surface area contributed by atoms with Crippen LogP contribution in [0.2, 0.25) is 0 Å². The number of alkyl halides is 3. The molecule has 0 bridgehead atoms. The maximum absolute atomic E-state index is 13.0. The van der Waals surface area contributed by atoms with Gasteiger partial charge < -0.3 is 15.0 Å². The van der Waals surface area contributed by atoms with Gasteiger partial charge in [-0.3, -0.25) is 14.3 Å². The highest BCUT2D eigenvalue weighted by Crippen LogP contribution is 2.37. The van der Waals surface area contributed by atoms with Crippen molar-refractivity contribution >= 4 is 28.5 Å². The number of carbonyl (C=O) groups is 2. The molecule has 2 aliphatic heterocycles. The summed E-state index contributed by atoms with van der Waals surface area (Å²) in [6.45, 7) is 3.76. The number of nitrogens with one attached hydrogen (secondary N) is 1. The lowest BCUT2D eigenvalue weighted by molar-refractivity contribution is -0.137. The standard InChI is InChI=1S/C28H25F3N6O3/c1-17(38)35-9-8-24-25(15-35)37(24)14-21-13-26(33-16-32-21)40-22-5-6-23-18(11-22)7-10-36(23)27(39)34-20-4-2-3-19(12-20)28(29,30)31/h2-7,10-13,16,24-25H,8-9,14-15H2,1H3,(H,34,39)/t24?,25-,37+/m1/s1. The fourth-order valence-electron chi connectivity index (χ4n) is 5.25. The predicted octanol–water partition coefficient (Wildman–Crippen LogP) is 5.13. The maximum Gasteiger partial charge on any atom is 0.416 e. The van der Waals surface area contributed by atoms with Crippen LogP contribution in [0, 0.1) is 0 Å². The van der Waals surface area contributed by atoms with E-state index in [1.807, 2.05) is 4.90 Å². The zero-order chi connectivity index (χ0) is 28.0. The molecule has 2 aliphatic rings. The molecule has 1 unspecified atom stereocenters. The number of piperidine rings is 1. The van der Waals surface area contributed by atoms with Crippen LogP contribution < -0.4 is 10.1 Å². The molecule has 2 amide bonds. The van der Waals surface area contributed by atoms with Gasteiger partial charge >= 0.3 is 12.2 Å². The molecule has 0 radical (unpaired) electrons. The number of amides is 2. The highest BCUT2D eigenvalue weighted by molar-refractivity contribution is 5.98. The van der Waals surface area contributed by atoms with Crippen LogP contribution in [-0.4, -0.2) is 61.4 Å². The molecular formula is C28H25F3N6O3. The highest BCUT2D eigenvalue weighted by Gasteiger charge is 2.50. The molecule has 12 heteroatoms. The lowest BCUT2D eigenvalue weighted by Crippen LogP contribution is -2.37. The van der Waals surface area contributed by atoms with Crippen molar-refractivity contribution in [1.29, 1.82) is 0 Å². The van der Waals surface area contributed by atoms with Crippen molar-refractivity contribution in [3.63, 3.8) is 0 Å². The summed E-state index contributed by atoms with van der Waals surface area (Å²) >= 11 is 0. The predicted molar refractivity (Wildman–Crippen MR) is 140 cm³/mol.